The van der Waals surface area contributed by atoms with Crippen molar-refractivity contribution < 1.29 is 14.3 Å². The summed E-state index contributed by atoms with van der Waals surface area (Å²) >= 11 is 6.89. The highest BCUT2D eigenvalue weighted by molar-refractivity contribution is 9.11. The summed E-state index contributed by atoms with van der Waals surface area (Å²) in [7, 11) is 0. The van der Waals surface area contributed by atoms with Crippen molar-refractivity contribution in [3.63, 3.8) is 0 Å². The Morgan fingerprint density at radius 2 is 1.57 bits per heavy atom. The van der Waals surface area contributed by atoms with E-state index < -0.39 is 0 Å². The summed E-state index contributed by atoms with van der Waals surface area (Å²) in [5.74, 6) is 1.20. The molecule has 108 valence electrons. The molecule has 21 heavy (non-hydrogen) atoms. The summed E-state index contributed by atoms with van der Waals surface area (Å²) in [6.45, 7) is 3.01. The molecule has 0 spiro atoms. The molecule has 0 radical (unpaired) electrons. The van der Waals surface area contributed by atoms with Crippen LogP contribution in [0, 0.1) is 6.92 Å². The zero-order chi connectivity index (χ0) is 15.0. The van der Waals surface area contributed by atoms with Crippen LogP contribution in [0.5, 0.6) is 11.5 Å². The summed E-state index contributed by atoms with van der Waals surface area (Å²) in [5.41, 5.74) is 2.28. The van der Waals surface area contributed by atoms with Crippen LogP contribution in [0.25, 0.3) is 0 Å². The van der Waals surface area contributed by atoms with Gasteiger partial charge in [0.05, 0.1) is 0 Å². The normalized spacial score (nSPS) is 13.1. The van der Waals surface area contributed by atoms with Crippen LogP contribution in [0.2, 0.25) is 0 Å². The molecule has 0 aliphatic carbocycles. The highest BCUT2D eigenvalue weighted by Gasteiger charge is 2.21. The average molecular weight is 412 g/mol. The van der Waals surface area contributed by atoms with Gasteiger partial charge in [-0.2, -0.15) is 0 Å². The number of ether oxygens (including phenoxy) is 2. The zero-order valence-corrected chi connectivity index (χ0v) is 14.5. The van der Waals surface area contributed by atoms with Crippen LogP contribution in [0.15, 0.2) is 39.3 Å². The summed E-state index contributed by atoms with van der Waals surface area (Å²) in [4.78, 5) is 12.7. The van der Waals surface area contributed by atoms with Gasteiger partial charge in [0, 0.05) is 20.1 Å². The molecular weight excluding hydrogens is 400 g/mol. The van der Waals surface area contributed by atoms with Crippen molar-refractivity contribution in [1.29, 1.82) is 0 Å². The maximum atomic E-state index is 12.7. The Kier molecular flexibility index (Phi) is 4.04. The molecule has 1 aliphatic heterocycles. The average Bonchev–Trinajstić information content (AvgIpc) is 2.46. The van der Waals surface area contributed by atoms with Gasteiger partial charge in [-0.3, -0.25) is 4.79 Å². The largest absolute Gasteiger partial charge is 0.486 e. The van der Waals surface area contributed by atoms with Crippen molar-refractivity contribution in [2.75, 3.05) is 13.2 Å². The Morgan fingerprint density at radius 3 is 2.24 bits per heavy atom. The van der Waals surface area contributed by atoms with Gasteiger partial charge < -0.3 is 9.47 Å². The smallest absolute Gasteiger partial charge is 0.195 e. The lowest BCUT2D eigenvalue weighted by molar-refractivity contribution is 0.103. The molecule has 0 atom stereocenters. The van der Waals surface area contributed by atoms with Gasteiger partial charge in [0.1, 0.15) is 13.2 Å². The number of carbonyl (C=O) groups excluding carboxylic acids is 1. The molecule has 0 saturated heterocycles. The third kappa shape index (κ3) is 2.85. The first-order valence-corrected chi connectivity index (χ1v) is 8.05. The predicted octanol–water partition coefficient (Wildman–Crippen LogP) is 4.52. The van der Waals surface area contributed by atoms with Crippen molar-refractivity contribution in [2.24, 2.45) is 0 Å². The minimum Gasteiger partial charge on any atom is -0.486 e. The minimum absolute atomic E-state index is 0.0641. The second-order valence-corrected chi connectivity index (χ2v) is 6.50. The first-order chi connectivity index (χ1) is 10.1. The summed E-state index contributed by atoms with van der Waals surface area (Å²) < 4.78 is 12.5. The van der Waals surface area contributed by atoms with Gasteiger partial charge in [0.25, 0.3) is 0 Å². The molecule has 0 bridgehead atoms. The zero-order valence-electron chi connectivity index (χ0n) is 11.3. The Balaban J connectivity index is 2.05. The highest BCUT2D eigenvalue weighted by atomic mass is 79.9. The molecule has 3 rings (SSSR count). The van der Waals surface area contributed by atoms with Gasteiger partial charge in [0.2, 0.25) is 0 Å². The van der Waals surface area contributed by atoms with Crippen LogP contribution in [0.1, 0.15) is 21.5 Å². The number of fused-ring (bicyclic) bond motifs is 1. The molecule has 5 heteroatoms. The van der Waals surface area contributed by atoms with Crippen LogP contribution < -0.4 is 9.47 Å². The Hall–Kier alpha value is -1.33. The monoisotopic (exact) mass is 410 g/mol. The quantitative estimate of drug-likeness (QED) is 0.681. The summed E-state index contributed by atoms with van der Waals surface area (Å²) in [5, 5.41) is 0. The lowest BCUT2D eigenvalue weighted by Crippen LogP contribution is -2.16. The van der Waals surface area contributed by atoms with Gasteiger partial charge in [-0.1, -0.05) is 22.0 Å². The van der Waals surface area contributed by atoms with Crippen molar-refractivity contribution >= 4 is 37.6 Å². The first kappa shape index (κ1) is 14.6. The van der Waals surface area contributed by atoms with Gasteiger partial charge in [-0.25, -0.2) is 0 Å². The molecule has 1 aliphatic rings. The van der Waals surface area contributed by atoms with E-state index in [1.165, 1.54) is 0 Å². The van der Waals surface area contributed by atoms with E-state index in [9.17, 15) is 4.79 Å². The third-order valence-corrected chi connectivity index (χ3v) is 4.56. The first-order valence-electron chi connectivity index (χ1n) is 6.46. The maximum Gasteiger partial charge on any atom is 0.195 e. The van der Waals surface area contributed by atoms with E-state index >= 15 is 0 Å². The fourth-order valence-corrected chi connectivity index (χ4v) is 3.36. The van der Waals surface area contributed by atoms with Crippen LogP contribution >= 0.6 is 31.9 Å². The lowest BCUT2D eigenvalue weighted by atomic mass is 10.0. The van der Waals surface area contributed by atoms with Gasteiger partial charge in [-0.05, 0) is 52.7 Å². The number of hydrogen-bond donors (Lipinski definition) is 0. The number of benzene rings is 2. The van der Waals surface area contributed by atoms with Gasteiger partial charge >= 0.3 is 0 Å². The number of hydrogen-bond acceptors (Lipinski definition) is 3. The predicted molar refractivity (Wildman–Crippen MR) is 87.4 cm³/mol. The molecule has 0 unspecified atom stereocenters. The SMILES string of the molecule is Cc1ccc(C(=O)c2cc3c(cc2Br)OCCO3)c(Br)c1. The topological polar surface area (TPSA) is 35.5 Å². The van der Waals surface area contributed by atoms with Crippen molar-refractivity contribution in [1.82, 2.24) is 0 Å². The Bertz CT molecular complexity index is 726. The van der Waals surface area contributed by atoms with E-state index in [-0.39, 0.29) is 5.78 Å². The van der Waals surface area contributed by atoms with E-state index in [4.69, 9.17) is 9.47 Å². The van der Waals surface area contributed by atoms with Crippen molar-refractivity contribution in [2.45, 2.75) is 6.92 Å². The number of ketones is 1. The van der Waals surface area contributed by atoms with Crippen molar-refractivity contribution in [3.05, 3.63) is 56.0 Å². The molecule has 1 heterocycles. The van der Waals surface area contributed by atoms with Crippen LogP contribution in [-0.4, -0.2) is 19.0 Å². The highest BCUT2D eigenvalue weighted by Crippen LogP contribution is 2.37. The second-order valence-electron chi connectivity index (χ2n) is 4.79. The number of rotatable bonds is 2. The van der Waals surface area contributed by atoms with Crippen molar-refractivity contribution in [3.8, 4) is 11.5 Å². The van der Waals surface area contributed by atoms with Gasteiger partial charge in [0.15, 0.2) is 17.3 Å². The van der Waals surface area contributed by atoms with Crippen LogP contribution in [0.3, 0.4) is 0 Å². The summed E-state index contributed by atoms with van der Waals surface area (Å²) in [6.07, 6.45) is 0. The molecule has 2 aromatic rings. The molecule has 2 aromatic carbocycles. The molecular formula is C16H12Br2O3. The molecule has 3 nitrogen and oxygen atoms in total. The number of halogens is 2. The second kappa shape index (κ2) is 5.81. The fraction of sp³-hybridized carbons (Fsp3) is 0.188. The van der Waals surface area contributed by atoms with E-state index in [0.29, 0.717) is 40.3 Å². The maximum absolute atomic E-state index is 12.7. The Morgan fingerprint density at radius 1 is 0.952 bits per heavy atom. The molecule has 0 amide bonds. The van der Waals surface area contributed by atoms with E-state index in [1.807, 2.05) is 25.1 Å². The fourth-order valence-electron chi connectivity index (χ4n) is 2.19. The third-order valence-electron chi connectivity index (χ3n) is 3.25. The van der Waals surface area contributed by atoms with Gasteiger partial charge in [-0.15, -0.1) is 0 Å². The molecule has 0 saturated carbocycles. The number of aryl methyl sites for hydroxylation is 1. The molecule has 0 N–H and O–H groups in total. The standard InChI is InChI=1S/C16H12Br2O3/c1-9-2-3-10(12(17)6-9)16(19)11-7-14-15(8-13(11)18)21-5-4-20-14/h2-3,6-8H,4-5H2,1H3. The van der Waals surface area contributed by atoms with E-state index in [0.717, 1.165) is 10.0 Å². The Labute approximate surface area is 139 Å². The molecule has 0 fully saturated rings. The van der Waals surface area contributed by atoms with Crippen LogP contribution in [-0.2, 0) is 0 Å². The van der Waals surface area contributed by atoms with E-state index in [1.54, 1.807) is 12.1 Å². The number of carbonyl (C=O) groups is 1. The lowest BCUT2D eigenvalue weighted by Gasteiger charge is -2.19. The summed E-state index contributed by atoms with van der Waals surface area (Å²) in [6, 6.07) is 9.19. The molecule has 0 aromatic heterocycles. The van der Waals surface area contributed by atoms with E-state index in [2.05, 4.69) is 31.9 Å². The minimum atomic E-state index is -0.0641. The van der Waals surface area contributed by atoms with Crippen LogP contribution in [0.4, 0.5) is 0 Å².